The van der Waals surface area contributed by atoms with Gasteiger partial charge in [-0.1, -0.05) is 19.0 Å². The lowest BCUT2D eigenvalue weighted by Crippen LogP contribution is -2.33. The molecule has 0 saturated carbocycles. The van der Waals surface area contributed by atoms with E-state index in [0.717, 1.165) is 56.9 Å². The first-order chi connectivity index (χ1) is 8.67. The fourth-order valence-corrected chi connectivity index (χ4v) is 2.23. The molecule has 0 radical (unpaired) electrons. The summed E-state index contributed by atoms with van der Waals surface area (Å²) in [4.78, 5) is 17.3. The van der Waals surface area contributed by atoms with Gasteiger partial charge in [-0.3, -0.25) is 4.90 Å². The van der Waals surface area contributed by atoms with Crippen molar-refractivity contribution in [2.75, 3.05) is 13.1 Å². The van der Waals surface area contributed by atoms with Gasteiger partial charge < -0.3 is 9.32 Å². The Kier molecular flexibility index (Phi) is 4.47. The van der Waals surface area contributed by atoms with Gasteiger partial charge in [0.05, 0.1) is 6.54 Å². The van der Waals surface area contributed by atoms with Gasteiger partial charge >= 0.3 is 0 Å². The Morgan fingerprint density at radius 2 is 2.17 bits per heavy atom. The zero-order chi connectivity index (χ0) is 13.0. The Labute approximate surface area is 108 Å². The minimum Gasteiger partial charge on any atom is -0.339 e. The monoisotopic (exact) mass is 251 g/mol. The average molecular weight is 251 g/mol. The summed E-state index contributed by atoms with van der Waals surface area (Å²) in [6.45, 7) is 6.88. The van der Waals surface area contributed by atoms with Crippen LogP contribution in [0.15, 0.2) is 4.52 Å². The predicted octanol–water partition coefficient (Wildman–Crippen LogP) is 1.68. The lowest BCUT2D eigenvalue weighted by molar-refractivity contribution is -0.112. The number of likely N-dealkylation sites (tertiary alicyclic amines) is 1. The van der Waals surface area contributed by atoms with Crippen LogP contribution in [0.4, 0.5) is 0 Å². The molecule has 1 aliphatic rings. The van der Waals surface area contributed by atoms with Crippen LogP contribution in [0, 0.1) is 11.8 Å². The van der Waals surface area contributed by atoms with Crippen molar-refractivity contribution in [2.24, 2.45) is 11.8 Å². The lowest BCUT2D eigenvalue weighted by atomic mass is 9.99. The van der Waals surface area contributed by atoms with Crippen LogP contribution >= 0.6 is 0 Å². The molecule has 0 atom stereocenters. The predicted molar refractivity (Wildman–Crippen MR) is 66.9 cm³/mol. The summed E-state index contributed by atoms with van der Waals surface area (Å²) >= 11 is 0. The van der Waals surface area contributed by atoms with Crippen LogP contribution in [-0.2, 0) is 17.8 Å². The fourth-order valence-electron chi connectivity index (χ4n) is 2.23. The zero-order valence-corrected chi connectivity index (χ0v) is 11.1. The van der Waals surface area contributed by atoms with Gasteiger partial charge in [0.25, 0.3) is 0 Å². The molecule has 0 bridgehead atoms. The van der Waals surface area contributed by atoms with Gasteiger partial charge in [0, 0.05) is 12.3 Å². The van der Waals surface area contributed by atoms with Gasteiger partial charge in [-0.05, 0) is 31.8 Å². The van der Waals surface area contributed by atoms with Crippen LogP contribution in [-0.4, -0.2) is 34.4 Å². The van der Waals surface area contributed by atoms with Crippen molar-refractivity contribution in [3.05, 3.63) is 11.7 Å². The Morgan fingerprint density at radius 1 is 1.44 bits per heavy atom. The number of aldehydes is 1. The van der Waals surface area contributed by atoms with Crippen LogP contribution in [0.3, 0.4) is 0 Å². The van der Waals surface area contributed by atoms with Crippen LogP contribution < -0.4 is 0 Å². The molecule has 5 nitrogen and oxygen atoms in total. The molecule has 0 aliphatic carbocycles. The average Bonchev–Trinajstić information content (AvgIpc) is 2.76. The van der Waals surface area contributed by atoms with Gasteiger partial charge in [-0.25, -0.2) is 0 Å². The fraction of sp³-hybridized carbons (Fsp3) is 0.769. The molecular formula is C13H21N3O2. The van der Waals surface area contributed by atoms with Crippen LogP contribution in [0.1, 0.15) is 38.4 Å². The molecule has 1 aromatic heterocycles. The van der Waals surface area contributed by atoms with Crippen molar-refractivity contribution in [2.45, 2.75) is 39.7 Å². The lowest BCUT2D eigenvalue weighted by Gasteiger charge is -2.28. The first-order valence-electron chi connectivity index (χ1n) is 6.66. The maximum Gasteiger partial charge on any atom is 0.226 e. The summed E-state index contributed by atoms with van der Waals surface area (Å²) in [6, 6.07) is 0. The van der Waals surface area contributed by atoms with Crippen molar-refractivity contribution in [3.8, 4) is 0 Å². The molecule has 2 rings (SSSR count). The van der Waals surface area contributed by atoms with E-state index in [1.54, 1.807) is 0 Å². The number of carbonyl (C=O) groups excluding carboxylic acids is 1. The summed E-state index contributed by atoms with van der Waals surface area (Å²) in [5.74, 6) is 2.25. The van der Waals surface area contributed by atoms with E-state index in [1.807, 2.05) is 0 Å². The number of nitrogens with zero attached hydrogens (tertiary/aromatic N) is 3. The molecule has 18 heavy (non-hydrogen) atoms. The third kappa shape index (κ3) is 3.63. The molecular weight excluding hydrogens is 230 g/mol. The van der Waals surface area contributed by atoms with Crippen molar-refractivity contribution in [1.82, 2.24) is 15.0 Å². The Hall–Kier alpha value is -1.23. The largest absolute Gasteiger partial charge is 0.339 e. The van der Waals surface area contributed by atoms with Gasteiger partial charge in [0.1, 0.15) is 6.29 Å². The highest BCUT2D eigenvalue weighted by Crippen LogP contribution is 2.16. The first kappa shape index (κ1) is 13.2. The third-order valence-corrected chi connectivity index (χ3v) is 3.28. The standard InChI is InChI=1S/C13H21N3O2/c1-10(2)7-13-14-12(15-18-13)8-16-5-3-11(9-17)4-6-16/h9-11H,3-8H2,1-2H3. The number of hydrogen-bond donors (Lipinski definition) is 0. The Bertz CT molecular complexity index is 381. The van der Waals surface area contributed by atoms with E-state index in [9.17, 15) is 4.79 Å². The van der Waals surface area contributed by atoms with E-state index >= 15 is 0 Å². The molecule has 1 aliphatic heterocycles. The highest BCUT2D eigenvalue weighted by atomic mass is 16.5. The number of carbonyl (C=O) groups is 1. The number of aromatic nitrogens is 2. The quantitative estimate of drug-likeness (QED) is 0.745. The molecule has 5 heteroatoms. The number of hydrogen-bond acceptors (Lipinski definition) is 5. The first-order valence-corrected chi connectivity index (χ1v) is 6.66. The molecule has 0 N–H and O–H groups in total. The van der Waals surface area contributed by atoms with Crippen molar-refractivity contribution < 1.29 is 9.32 Å². The Balaban J connectivity index is 1.83. The normalized spacial score (nSPS) is 18.4. The van der Waals surface area contributed by atoms with Crippen LogP contribution in [0.5, 0.6) is 0 Å². The van der Waals surface area contributed by atoms with Crippen LogP contribution in [0.25, 0.3) is 0 Å². The molecule has 0 spiro atoms. The second-order valence-electron chi connectivity index (χ2n) is 5.45. The summed E-state index contributed by atoms with van der Waals surface area (Å²) in [5, 5.41) is 4.01. The SMILES string of the molecule is CC(C)Cc1nc(CN2CCC(C=O)CC2)no1. The van der Waals surface area contributed by atoms with E-state index in [0.29, 0.717) is 5.92 Å². The van der Waals surface area contributed by atoms with Gasteiger partial charge in [-0.2, -0.15) is 4.98 Å². The Morgan fingerprint density at radius 3 is 2.78 bits per heavy atom. The van der Waals surface area contributed by atoms with Gasteiger partial charge in [-0.15, -0.1) is 0 Å². The summed E-state index contributed by atoms with van der Waals surface area (Å²) < 4.78 is 5.22. The second kappa shape index (κ2) is 6.09. The molecule has 1 aromatic rings. The molecule has 1 fully saturated rings. The molecule has 0 unspecified atom stereocenters. The van der Waals surface area contributed by atoms with Gasteiger partial charge in [0.2, 0.25) is 5.89 Å². The smallest absolute Gasteiger partial charge is 0.226 e. The van der Waals surface area contributed by atoms with E-state index in [-0.39, 0.29) is 5.92 Å². The minimum absolute atomic E-state index is 0.239. The maximum absolute atomic E-state index is 10.7. The van der Waals surface area contributed by atoms with E-state index < -0.39 is 0 Å². The summed E-state index contributed by atoms with van der Waals surface area (Å²) in [5.41, 5.74) is 0. The number of piperidine rings is 1. The molecule has 0 amide bonds. The highest BCUT2D eigenvalue weighted by Gasteiger charge is 2.20. The van der Waals surface area contributed by atoms with Gasteiger partial charge in [0.15, 0.2) is 5.82 Å². The maximum atomic E-state index is 10.7. The molecule has 2 heterocycles. The van der Waals surface area contributed by atoms with Crippen molar-refractivity contribution >= 4 is 6.29 Å². The molecule has 1 saturated heterocycles. The van der Waals surface area contributed by atoms with E-state index in [1.165, 1.54) is 0 Å². The van der Waals surface area contributed by atoms with Crippen LogP contribution in [0.2, 0.25) is 0 Å². The zero-order valence-electron chi connectivity index (χ0n) is 11.1. The molecule has 0 aromatic carbocycles. The van der Waals surface area contributed by atoms with Crippen molar-refractivity contribution in [1.29, 1.82) is 0 Å². The minimum atomic E-state index is 0.239. The highest BCUT2D eigenvalue weighted by molar-refractivity contribution is 5.53. The molecule has 100 valence electrons. The van der Waals surface area contributed by atoms with E-state index in [2.05, 4.69) is 28.9 Å². The second-order valence-corrected chi connectivity index (χ2v) is 5.45. The third-order valence-electron chi connectivity index (χ3n) is 3.28. The van der Waals surface area contributed by atoms with E-state index in [4.69, 9.17) is 4.52 Å². The summed E-state index contributed by atoms with van der Waals surface area (Å²) in [7, 11) is 0. The number of rotatable bonds is 5. The van der Waals surface area contributed by atoms with Crippen molar-refractivity contribution in [3.63, 3.8) is 0 Å². The topological polar surface area (TPSA) is 59.2 Å². The summed E-state index contributed by atoms with van der Waals surface area (Å²) in [6.07, 6.45) is 3.80.